The molecule has 0 fully saturated rings. The van der Waals surface area contributed by atoms with Crippen LogP contribution in [0.4, 0.5) is 0 Å². The molecule has 0 aromatic heterocycles. The third-order valence-corrected chi connectivity index (χ3v) is 4.27. The Kier molecular flexibility index (Phi) is 21.2. The summed E-state index contributed by atoms with van der Waals surface area (Å²) >= 11 is 0. The molecule has 1 atom stereocenters. The molecule has 0 saturated heterocycles. The van der Waals surface area contributed by atoms with Crippen LogP contribution in [-0.2, 0) is 14.3 Å². The zero-order chi connectivity index (χ0) is 13.2. The Bertz CT molecular complexity index is 257. The van der Waals surface area contributed by atoms with E-state index in [4.69, 9.17) is 9.47 Å². The van der Waals surface area contributed by atoms with Crippen LogP contribution in [0.25, 0.3) is 0 Å². The van der Waals surface area contributed by atoms with Gasteiger partial charge in [0.1, 0.15) is 5.60 Å². The predicted octanol–water partition coefficient (Wildman–Crippen LogP) is 6.35. The van der Waals surface area contributed by atoms with Crippen molar-refractivity contribution in [2.75, 3.05) is 7.11 Å². The Morgan fingerprint density at radius 1 is 0.857 bits per heavy atom. The first-order chi connectivity index (χ1) is 7.04. The maximum absolute atomic E-state index is 11.2. The minimum absolute atomic E-state index is 0. The van der Waals surface area contributed by atoms with Gasteiger partial charge in [0.15, 0.2) is 0 Å². The highest BCUT2D eigenvalue weighted by molar-refractivity contribution is 5.66. The topological polar surface area (TPSA) is 35.5 Å². The van der Waals surface area contributed by atoms with E-state index >= 15 is 0 Å². The van der Waals surface area contributed by atoms with Crippen molar-refractivity contribution in [1.29, 1.82) is 0 Å². The number of methoxy groups -OCH3 is 1. The van der Waals surface area contributed by atoms with Gasteiger partial charge in [-0.25, -0.2) is 0 Å². The van der Waals surface area contributed by atoms with Crippen molar-refractivity contribution in [3.8, 4) is 0 Å². The zero-order valence-electron chi connectivity index (χ0n) is 11.9. The highest BCUT2D eigenvalue weighted by Crippen LogP contribution is 2.47. The van der Waals surface area contributed by atoms with Crippen LogP contribution in [0.2, 0.25) is 0 Å². The van der Waals surface area contributed by atoms with E-state index in [2.05, 4.69) is 13.8 Å². The van der Waals surface area contributed by atoms with E-state index in [1.165, 1.54) is 6.92 Å². The molecule has 0 N–H and O–H groups in total. The molecular formula is C18H46O3. The van der Waals surface area contributed by atoms with Crippen molar-refractivity contribution in [1.82, 2.24) is 0 Å². The first-order valence-electron chi connectivity index (χ1n) is 5.79. The summed E-state index contributed by atoms with van der Waals surface area (Å²) in [6, 6.07) is 0. The lowest BCUT2D eigenvalue weighted by atomic mass is 9.63. The van der Waals surface area contributed by atoms with Gasteiger partial charge in [0.25, 0.3) is 0 Å². The molecule has 21 heavy (non-hydrogen) atoms. The molecule has 1 unspecified atom stereocenters. The number of esters is 1. The third-order valence-electron chi connectivity index (χ3n) is 4.27. The fourth-order valence-electron chi connectivity index (χ4n) is 2.27. The highest BCUT2D eigenvalue weighted by atomic mass is 16.6. The van der Waals surface area contributed by atoms with E-state index in [9.17, 15) is 4.79 Å². The summed E-state index contributed by atoms with van der Waals surface area (Å²) in [6.07, 6.45) is 0.869. The SMILES string of the molecule is C.C.C.C.C.CCC(C)(C(C)(C)OC)C(C)(C)OC(C)=O. The second-order valence-corrected chi connectivity index (χ2v) is 5.50. The molecule has 3 heteroatoms. The maximum atomic E-state index is 11.2. The van der Waals surface area contributed by atoms with Crippen molar-refractivity contribution >= 4 is 5.97 Å². The highest BCUT2D eigenvalue weighted by Gasteiger charge is 2.52. The predicted molar refractivity (Wildman–Crippen MR) is 99.0 cm³/mol. The first-order valence-corrected chi connectivity index (χ1v) is 5.79. The summed E-state index contributed by atoms with van der Waals surface area (Å²) in [5.41, 5.74) is -1.17. The maximum Gasteiger partial charge on any atom is 0.303 e. The molecule has 0 heterocycles. The molecule has 0 saturated carbocycles. The summed E-state index contributed by atoms with van der Waals surface area (Å²) in [4.78, 5) is 11.2. The summed E-state index contributed by atoms with van der Waals surface area (Å²) in [5.74, 6) is -0.253. The van der Waals surface area contributed by atoms with Gasteiger partial charge in [-0.05, 0) is 34.1 Å². The molecule has 0 aromatic rings. The molecule has 0 bridgehead atoms. The van der Waals surface area contributed by atoms with Crippen molar-refractivity contribution in [2.45, 2.75) is 103 Å². The standard InChI is InChI=1S/C13H26O3.5CH4/c1-9-13(7,11(3,4)15-8)12(5,6)16-10(2)14;;;;;/h9H2,1-8H3;5*1H4. The smallest absolute Gasteiger partial charge is 0.303 e. The van der Waals surface area contributed by atoms with Crippen LogP contribution in [0.5, 0.6) is 0 Å². The van der Waals surface area contributed by atoms with Crippen molar-refractivity contribution in [3.05, 3.63) is 0 Å². The van der Waals surface area contributed by atoms with Crippen LogP contribution in [0.15, 0.2) is 0 Å². The lowest BCUT2D eigenvalue weighted by Gasteiger charge is -2.51. The van der Waals surface area contributed by atoms with Gasteiger partial charge >= 0.3 is 5.97 Å². The van der Waals surface area contributed by atoms with Gasteiger partial charge < -0.3 is 9.47 Å². The molecule has 0 aliphatic carbocycles. The number of carbonyl (C=O) groups is 1. The summed E-state index contributed by atoms with van der Waals surface area (Å²) in [5, 5.41) is 0. The second-order valence-electron chi connectivity index (χ2n) is 5.50. The van der Waals surface area contributed by atoms with E-state index < -0.39 is 5.60 Å². The van der Waals surface area contributed by atoms with Crippen LogP contribution >= 0.6 is 0 Å². The monoisotopic (exact) mass is 310 g/mol. The fraction of sp³-hybridized carbons (Fsp3) is 0.944. The number of hydrogen-bond donors (Lipinski definition) is 0. The number of ether oxygens (including phenoxy) is 2. The van der Waals surface area contributed by atoms with Gasteiger partial charge in [0, 0.05) is 19.4 Å². The van der Waals surface area contributed by atoms with Gasteiger partial charge in [0.2, 0.25) is 0 Å². The van der Waals surface area contributed by atoms with Gasteiger partial charge in [0.05, 0.1) is 5.60 Å². The number of rotatable bonds is 5. The largest absolute Gasteiger partial charge is 0.459 e. The lowest BCUT2D eigenvalue weighted by Crippen LogP contribution is -2.57. The average Bonchev–Trinajstić information content (AvgIpc) is 2.13. The Balaban J connectivity index is -0.000000112. The minimum atomic E-state index is -0.562. The Labute approximate surface area is 136 Å². The quantitative estimate of drug-likeness (QED) is 0.555. The Morgan fingerprint density at radius 3 is 1.38 bits per heavy atom. The van der Waals surface area contributed by atoms with Crippen LogP contribution in [0, 0.1) is 5.41 Å². The van der Waals surface area contributed by atoms with Crippen LogP contribution in [0.3, 0.4) is 0 Å². The minimum Gasteiger partial charge on any atom is -0.459 e. The van der Waals surface area contributed by atoms with Gasteiger partial charge in [-0.3, -0.25) is 4.79 Å². The summed E-state index contributed by atoms with van der Waals surface area (Å²) < 4.78 is 11.0. The summed E-state index contributed by atoms with van der Waals surface area (Å²) in [7, 11) is 1.69. The normalized spacial score (nSPS) is 12.8. The van der Waals surface area contributed by atoms with Crippen LogP contribution in [0.1, 0.15) is 92.0 Å². The number of hydrogen-bond acceptors (Lipinski definition) is 3. The van der Waals surface area contributed by atoms with E-state index in [-0.39, 0.29) is 54.1 Å². The van der Waals surface area contributed by atoms with E-state index in [0.717, 1.165) is 6.42 Å². The number of carbonyl (C=O) groups excluding carboxylic acids is 1. The molecule has 3 nitrogen and oxygen atoms in total. The molecule has 136 valence electrons. The fourth-order valence-corrected chi connectivity index (χ4v) is 2.27. The van der Waals surface area contributed by atoms with Gasteiger partial charge in [-0.1, -0.05) is 51.0 Å². The van der Waals surface area contributed by atoms with Crippen molar-refractivity contribution in [2.24, 2.45) is 5.41 Å². The van der Waals surface area contributed by atoms with Gasteiger partial charge in [-0.15, -0.1) is 0 Å². The molecule has 0 radical (unpaired) electrons. The lowest BCUT2D eigenvalue weighted by molar-refractivity contribution is -0.201. The van der Waals surface area contributed by atoms with E-state index in [1.807, 2.05) is 27.7 Å². The molecule has 0 aliphatic heterocycles. The molecule has 0 amide bonds. The van der Waals surface area contributed by atoms with Gasteiger partial charge in [-0.2, -0.15) is 0 Å². The van der Waals surface area contributed by atoms with E-state index in [0.29, 0.717) is 0 Å². The van der Waals surface area contributed by atoms with E-state index in [1.54, 1.807) is 7.11 Å². The molecule has 0 aliphatic rings. The second kappa shape index (κ2) is 12.0. The van der Waals surface area contributed by atoms with Crippen LogP contribution in [-0.4, -0.2) is 24.3 Å². The summed E-state index contributed by atoms with van der Waals surface area (Å²) in [6.45, 7) is 13.6. The molecule has 0 aromatic carbocycles. The molecular weight excluding hydrogens is 264 g/mol. The van der Waals surface area contributed by atoms with Crippen molar-refractivity contribution in [3.63, 3.8) is 0 Å². The zero-order valence-corrected chi connectivity index (χ0v) is 11.9. The molecule has 0 spiro atoms. The first kappa shape index (κ1) is 37.0. The Hall–Kier alpha value is -0.570. The van der Waals surface area contributed by atoms with Crippen molar-refractivity contribution < 1.29 is 14.3 Å². The Morgan fingerprint density at radius 2 is 1.19 bits per heavy atom. The molecule has 0 rings (SSSR count). The van der Waals surface area contributed by atoms with Crippen LogP contribution < -0.4 is 0 Å². The average molecular weight is 311 g/mol. The third kappa shape index (κ3) is 7.30.